The predicted octanol–water partition coefficient (Wildman–Crippen LogP) is 4.07. The van der Waals surface area contributed by atoms with Crippen LogP contribution in [-0.2, 0) is 19.5 Å². The summed E-state index contributed by atoms with van der Waals surface area (Å²) in [6.07, 6.45) is 3.29. The van der Waals surface area contributed by atoms with Crippen LogP contribution in [0.25, 0.3) is 0 Å². The molecule has 0 atom stereocenters. The molecule has 0 aromatic carbocycles. The molecular weight excluding hydrogens is 278 g/mol. The van der Waals surface area contributed by atoms with E-state index in [1.807, 2.05) is 0 Å². The van der Waals surface area contributed by atoms with E-state index < -0.39 is 0 Å². The number of nitrogens with one attached hydrogen (secondary N) is 2. The lowest BCUT2D eigenvalue weighted by atomic mass is 10.2. The van der Waals surface area contributed by atoms with Crippen LogP contribution in [0.5, 0.6) is 0 Å². The van der Waals surface area contributed by atoms with Crippen molar-refractivity contribution in [3.05, 3.63) is 38.6 Å². The fraction of sp³-hybridized carbons (Fsp3) is 0.500. The molecule has 0 radical (unpaired) electrons. The molecular formula is C14H20ClN3S. The van der Waals surface area contributed by atoms with Crippen molar-refractivity contribution in [3.63, 3.8) is 0 Å². The van der Waals surface area contributed by atoms with Gasteiger partial charge in [-0.05, 0) is 30.4 Å². The lowest BCUT2D eigenvalue weighted by molar-refractivity contribution is 0.683. The number of imidazole rings is 1. The molecule has 0 bridgehead atoms. The molecule has 104 valence electrons. The number of thiophene rings is 1. The highest BCUT2D eigenvalue weighted by Crippen LogP contribution is 2.17. The molecule has 19 heavy (non-hydrogen) atoms. The summed E-state index contributed by atoms with van der Waals surface area (Å²) in [6.45, 7) is 5.92. The number of unbranched alkanes of at least 4 members (excludes halogenated alkanes) is 1. The predicted molar refractivity (Wildman–Crippen MR) is 81.8 cm³/mol. The molecule has 2 aromatic rings. The van der Waals surface area contributed by atoms with Gasteiger partial charge in [0.05, 0.1) is 5.69 Å². The van der Waals surface area contributed by atoms with E-state index in [-0.39, 0.29) is 0 Å². The maximum atomic E-state index is 6.14. The molecule has 0 saturated carbocycles. The number of H-pyrrole nitrogens is 1. The number of hydrogen-bond donors (Lipinski definition) is 2. The first-order valence-electron chi connectivity index (χ1n) is 6.67. The van der Waals surface area contributed by atoms with Gasteiger partial charge in [-0.25, -0.2) is 4.98 Å². The van der Waals surface area contributed by atoms with Crippen molar-refractivity contribution in [2.24, 2.45) is 0 Å². The highest BCUT2D eigenvalue weighted by molar-refractivity contribution is 7.10. The Morgan fingerprint density at radius 2 is 2.26 bits per heavy atom. The molecule has 2 heterocycles. The Hall–Kier alpha value is -0.840. The van der Waals surface area contributed by atoms with Gasteiger partial charge in [-0.2, -0.15) is 0 Å². The van der Waals surface area contributed by atoms with E-state index in [4.69, 9.17) is 11.6 Å². The molecule has 5 heteroatoms. The molecule has 0 unspecified atom stereocenters. The molecule has 0 saturated heterocycles. The number of nitrogens with zero attached hydrogens (tertiary/aromatic N) is 1. The van der Waals surface area contributed by atoms with Crippen LogP contribution in [0, 0.1) is 6.92 Å². The van der Waals surface area contributed by atoms with E-state index in [0.29, 0.717) is 5.15 Å². The number of aromatic nitrogens is 2. The van der Waals surface area contributed by atoms with Gasteiger partial charge in [-0.15, -0.1) is 11.3 Å². The Balaban J connectivity index is 1.85. The van der Waals surface area contributed by atoms with E-state index in [1.54, 1.807) is 11.3 Å². The average Bonchev–Trinajstić information content (AvgIpc) is 2.95. The Bertz CT molecular complexity index is 518. The zero-order chi connectivity index (χ0) is 13.7. The van der Waals surface area contributed by atoms with Gasteiger partial charge in [0.1, 0.15) is 5.82 Å². The highest BCUT2D eigenvalue weighted by atomic mass is 35.5. The van der Waals surface area contributed by atoms with Crippen molar-refractivity contribution in [2.45, 2.75) is 46.2 Å². The van der Waals surface area contributed by atoms with Crippen molar-refractivity contribution >= 4 is 22.9 Å². The van der Waals surface area contributed by atoms with Crippen LogP contribution in [0.2, 0.25) is 5.15 Å². The van der Waals surface area contributed by atoms with Crippen molar-refractivity contribution in [1.82, 2.24) is 15.3 Å². The molecule has 2 N–H and O–H groups in total. The molecule has 0 fully saturated rings. The van der Waals surface area contributed by atoms with Crippen LogP contribution < -0.4 is 5.32 Å². The molecule has 0 spiro atoms. The summed E-state index contributed by atoms with van der Waals surface area (Å²) in [5.41, 5.74) is 2.33. The van der Waals surface area contributed by atoms with Crippen LogP contribution in [0.1, 0.15) is 41.7 Å². The average molecular weight is 298 g/mol. The van der Waals surface area contributed by atoms with Gasteiger partial charge < -0.3 is 10.3 Å². The molecule has 0 amide bonds. The second kappa shape index (κ2) is 7.08. The number of rotatable bonds is 7. The number of aromatic amines is 1. The van der Waals surface area contributed by atoms with Gasteiger partial charge in [0, 0.05) is 24.4 Å². The number of aryl methyl sites for hydroxylation is 2. The lowest BCUT2D eigenvalue weighted by Gasteiger charge is -2.02. The van der Waals surface area contributed by atoms with Gasteiger partial charge in [0.25, 0.3) is 0 Å². The number of hydrogen-bond acceptors (Lipinski definition) is 3. The first-order valence-corrected chi connectivity index (χ1v) is 7.93. The normalized spacial score (nSPS) is 11.1. The number of halogens is 1. The second-order valence-corrected chi connectivity index (χ2v) is 6.05. The van der Waals surface area contributed by atoms with Gasteiger partial charge >= 0.3 is 0 Å². The monoisotopic (exact) mass is 297 g/mol. The van der Waals surface area contributed by atoms with E-state index >= 15 is 0 Å². The second-order valence-electron chi connectivity index (χ2n) is 4.69. The molecule has 0 aliphatic carbocycles. The standard InChI is InChI=1S/C14H20ClN3S/c1-3-4-5-13-17-11(14(15)18-13)8-16-9-12-10(2)6-7-19-12/h6-7,16H,3-5,8-9H2,1-2H3,(H,17,18). The highest BCUT2D eigenvalue weighted by Gasteiger charge is 2.08. The molecule has 2 aromatic heterocycles. The van der Waals surface area contributed by atoms with E-state index in [9.17, 15) is 0 Å². The minimum Gasteiger partial charge on any atom is -0.344 e. The lowest BCUT2D eigenvalue weighted by Crippen LogP contribution is -2.13. The van der Waals surface area contributed by atoms with Crippen LogP contribution >= 0.6 is 22.9 Å². The Labute approximate surface area is 123 Å². The van der Waals surface area contributed by atoms with Crippen LogP contribution in [-0.4, -0.2) is 9.97 Å². The zero-order valence-electron chi connectivity index (χ0n) is 11.4. The Morgan fingerprint density at radius 3 is 2.95 bits per heavy atom. The van der Waals surface area contributed by atoms with Gasteiger partial charge in [0.15, 0.2) is 5.15 Å². The van der Waals surface area contributed by atoms with E-state index in [1.165, 1.54) is 16.9 Å². The summed E-state index contributed by atoms with van der Waals surface area (Å²) >= 11 is 7.92. The van der Waals surface area contributed by atoms with Crippen molar-refractivity contribution in [3.8, 4) is 0 Å². The SMILES string of the molecule is CCCCc1nc(Cl)c(CNCc2sccc2C)[nH]1. The van der Waals surface area contributed by atoms with Crippen LogP contribution in [0.15, 0.2) is 11.4 Å². The molecule has 0 aliphatic rings. The summed E-state index contributed by atoms with van der Waals surface area (Å²) in [4.78, 5) is 9.04. The molecule has 2 rings (SSSR count). The molecule has 0 aliphatic heterocycles. The third-order valence-electron chi connectivity index (χ3n) is 3.10. The summed E-state index contributed by atoms with van der Waals surface area (Å²) in [7, 11) is 0. The summed E-state index contributed by atoms with van der Waals surface area (Å²) in [5, 5.41) is 6.13. The smallest absolute Gasteiger partial charge is 0.151 e. The fourth-order valence-electron chi connectivity index (χ4n) is 1.91. The van der Waals surface area contributed by atoms with Gasteiger partial charge in [-0.1, -0.05) is 24.9 Å². The summed E-state index contributed by atoms with van der Waals surface area (Å²) < 4.78 is 0. The first kappa shape index (κ1) is 14.6. The van der Waals surface area contributed by atoms with Crippen molar-refractivity contribution < 1.29 is 0 Å². The maximum absolute atomic E-state index is 6.14. The third-order valence-corrected chi connectivity index (χ3v) is 4.44. The van der Waals surface area contributed by atoms with Crippen LogP contribution in [0.4, 0.5) is 0 Å². The van der Waals surface area contributed by atoms with Crippen molar-refractivity contribution in [1.29, 1.82) is 0 Å². The Kier molecular flexibility index (Phi) is 5.43. The van der Waals surface area contributed by atoms with Gasteiger partial charge in [-0.3, -0.25) is 0 Å². The third kappa shape index (κ3) is 4.06. The zero-order valence-corrected chi connectivity index (χ0v) is 13.0. The Morgan fingerprint density at radius 1 is 1.42 bits per heavy atom. The van der Waals surface area contributed by atoms with E-state index in [2.05, 4.69) is 40.6 Å². The van der Waals surface area contributed by atoms with E-state index in [0.717, 1.165) is 37.4 Å². The van der Waals surface area contributed by atoms with Crippen LogP contribution in [0.3, 0.4) is 0 Å². The van der Waals surface area contributed by atoms with Gasteiger partial charge in [0.2, 0.25) is 0 Å². The topological polar surface area (TPSA) is 40.7 Å². The minimum atomic E-state index is 0.599. The minimum absolute atomic E-state index is 0.599. The largest absolute Gasteiger partial charge is 0.344 e. The molecule has 3 nitrogen and oxygen atoms in total. The quantitative estimate of drug-likeness (QED) is 0.809. The fourth-order valence-corrected chi connectivity index (χ4v) is 3.00. The summed E-state index contributed by atoms with van der Waals surface area (Å²) in [5.74, 6) is 0.996. The first-order chi connectivity index (χ1) is 9.20. The van der Waals surface area contributed by atoms with Crippen molar-refractivity contribution in [2.75, 3.05) is 0 Å². The summed E-state index contributed by atoms with van der Waals surface area (Å²) in [6, 6.07) is 2.15. The maximum Gasteiger partial charge on any atom is 0.151 e.